The third-order valence-corrected chi connectivity index (χ3v) is 4.80. The Hall–Kier alpha value is -0.730. The number of urea groups is 1. The van der Waals surface area contributed by atoms with Crippen LogP contribution in [0, 0.1) is 17.8 Å². The molecule has 1 atom stereocenters. The second-order valence-corrected chi connectivity index (χ2v) is 6.32. The fourth-order valence-corrected chi connectivity index (χ4v) is 3.31. The summed E-state index contributed by atoms with van der Waals surface area (Å²) in [7, 11) is 0. The number of amides is 2. The highest BCUT2D eigenvalue weighted by Gasteiger charge is 2.24. The molecule has 3 heteroatoms. The fourth-order valence-electron chi connectivity index (χ4n) is 3.31. The van der Waals surface area contributed by atoms with E-state index in [2.05, 4.69) is 19.2 Å². The van der Waals surface area contributed by atoms with Crippen molar-refractivity contribution < 1.29 is 4.79 Å². The molecule has 1 aliphatic carbocycles. The molecule has 1 unspecified atom stereocenters. The molecule has 0 bridgehead atoms. The third-order valence-electron chi connectivity index (χ3n) is 4.80. The molecule has 1 aliphatic heterocycles. The van der Waals surface area contributed by atoms with Gasteiger partial charge in [0.15, 0.2) is 0 Å². The van der Waals surface area contributed by atoms with Gasteiger partial charge >= 0.3 is 6.03 Å². The van der Waals surface area contributed by atoms with Crippen molar-refractivity contribution in [2.75, 3.05) is 19.6 Å². The Kier molecular flexibility index (Phi) is 4.90. The van der Waals surface area contributed by atoms with Crippen LogP contribution in [-0.2, 0) is 0 Å². The molecule has 2 aliphatic rings. The van der Waals surface area contributed by atoms with Gasteiger partial charge in [-0.1, -0.05) is 33.1 Å². The zero-order valence-corrected chi connectivity index (χ0v) is 12.0. The summed E-state index contributed by atoms with van der Waals surface area (Å²) >= 11 is 0. The summed E-state index contributed by atoms with van der Waals surface area (Å²) in [6.07, 6.45) is 7.81. The summed E-state index contributed by atoms with van der Waals surface area (Å²) in [6, 6.07) is 0.164. The number of hydrogen-bond donors (Lipinski definition) is 1. The highest BCUT2D eigenvalue weighted by Crippen LogP contribution is 2.30. The molecule has 0 aromatic rings. The predicted octanol–water partition coefficient (Wildman–Crippen LogP) is 3.25. The normalized spacial score (nSPS) is 32.6. The molecule has 2 fully saturated rings. The molecule has 0 spiro atoms. The van der Waals surface area contributed by atoms with Gasteiger partial charge in [-0.15, -0.1) is 0 Å². The van der Waals surface area contributed by atoms with E-state index in [1.165, 1.54) is 32.1 Å². The van der Waals surface area contributed by atoms with Gasteiger partial charge in [-0.3, -0.25) is 0 Å². The van der Waals surface area contributed by atoms with Crippen molar-refractivity contribution in [3.05, 3.63) is 0 Å². The van der Waals surface area contributed by atoms with E-state index >= 15 is 0 Å². The molecule has 104 valence electrons. The summed E-state index contributed by atoms with van der Waals surface area (Å²) in [4.78, 5) is 13.9. The van der Waals surface area contributed by atoms with Gasteiger partial charge in [0.2, 0.25) is 0 Å². The van der Waals surface area contributed by atoms with Crippen LogP contribution in [0.25, 0.3) is 0 Å². The van der Waals surface area contributed by atoms with E-state index in [9.17, 15) is 4.79 Å². The topological polar surface area (TPSA) is 32.3 Å². The molecule has 1 N–H and O–H groups in total. The number of rotatable bonds is 3. The van der Waals surface area contributed by atoms with Gasteiger partial charge in [-0.05, 0) is 37.0 Å². The minimum Gasteiger partial charge on any atom is -0.338 e. The van der Waals surface area contributed by atoms with Gasteiger partial charge < -0.3 is 10.2 Å². The zero-order chi connectivity index (χ0) is 13.0. The number of hydrogen-bond acceptors (Lipinski definition) is 1. The minimum atomic E-state index is 0.164. The van der Waals surface area contributed by atoms with E-state index in [-0.39, 0.29) is 6.03 Å². The Balaban J connectivity index is 1.64. The number of likely N-dealkylation sites (tertiary alicyclic amines) is 1. The molecule has 0 aromatic heterocycles. The lowest BCUT2D eigenvalue weighted by Gasteiger charge is -2.28. The maximum absolute atomic E-state index is 12.0. The Bertz CT molecular complexity index is 272. The molecule has 1 saturated carbocycles. The molecular formula is C15H28N2O. The van der Waals surface area contributed by atoms with Gasteiger partial charge in [-0.25, -0.2) is 4.79 Å². The molecular weight excluding hydrogens is 224 g/mol. The summed E-state index contributed by atoms with van der Waals surface area (Å²) < 4.78 is 0. The molecule has 0 radical (unpaired) electrons. The van der Waals surface area contributed by atoms with Gasteiger partial charge in [0.05, 0.1) is 0 Å². The Morgan fingerprint density at radius 2 is 1.83 bits per heavy atom. The monoisotopic (exact) mass is 252 g/mol. The molecule has 2 rings (SSSR count). The SMILES string of the molecule is CCC1CCC(CNC(=O)N2CCC(C)C2)CC1. The standard InChI is InChI=1S/C15H28N2O/c1-3-13-4-6-14(7-5-13)10-16-15(18)17-9-8-12(2)11-17/h12-14H,3-11H2,1-2H3,(H,16,18). The van der Waals surface area contributed by atoms with Crippen LogP contribution in [0.1, 0.15) is 52.4 Å². The van der Waals surface area contributed by atoms with Crippen molar-refractivity contribution >= 4 is 6.03 Å². The molecule has 1 saturated heterocycles. The summed E-state index contributed by atoms with van der Waals surface area (Å²) in [5.41, 5.74) is 0. The van der Waals surface area contributed by atoms with Crippen LogP contribution >= 0.6 is 0 Å². The number of carbonyl (C=O) groups is 1. The van der Waals surface area contributed by atoms with Crippen molar-refractivity contribution in [2.24, 2.45) is 17.8 Å². The molecule has 3 nitrogen and oxygen atoms in total. The van der Waals surface area contributed by atoms with Crippen LogP contribution in [0.3, 0.4) is 0 Å². The van der Waals surface area contributed by atoms with E-state index in [0.29, 0.717) is 5.92 Å². The Morgan fingerprint density at radius 3 is 2.39 bits per heavy atom. The average Bonchev–Trinajstić information content (AvgIpc) is 2.83. The lowest BCUT2D eigenvalue weighted by atomic mass is 9.81. The van der Waals surface area contributed by atoms with Crippen LogP contribution in [-0.4, -0.2) is 30.6 Å². The van der Waals surface area contributed by atoms with Crippen LogP contribution in [0.15, 0.2) is 0 Å². The van der Waals surface area contributed by atoms with Gasteiger partial charge in [0.1, 0.15) is 0 Å². The summed E-state index contributed by atoms with van der Waals surface area (Å²) in [5, 5.41) is 3.13. The molecule has 1 heterocycles. The first-order valence-corrected chi connectivity index (χ1v) is 7.71. The zero-order valence-electron chi connectivity index (χ0n) is 12.0. The lowest BCUT2D eigenvalue weighted by Crippen LogP contribution is -2.41. The molecule has 18 heavy (non-hydrogen) atoms. The maximum atomic E-state index is 12.0. The highest BCUT2D eigenvalue weighted by atomic mass is 16.2. The Morgan fingerprint density at radius 1 is 1.17 bits per heavy atom. The van der Waals surface area contributed by atoms with E-state index in [1.54, 1.807) is 0 Å². The molecule has 0 aromatic carbocycles. The predicted molar refractivity (Wildman–Crippen MR) is 74.5 cm³/mol. The van der Waals surface area contributed by atoms with Crippen molar-refractivity contribution in [3.8, 4) is 0 Å². The van der Waals surface area contributed by atoms with E-state index in [4.69, 9.17) is 0 Å². The van der Waals surface area contributed by atoms with Gasteiger partial charge in [0, 0.05) is 19.6 Å². The summed E-state index contributed by atoms with van der Waals surface area (Å²) in [6.45, 7) is 7.28. The highest BCUT2D eigenvalue weighted by molar-refractivity contribution is 5.74. The second-order valence-electron chi connectivity index (χ2n) is 6.32. The number of carbonyl (C=O) groups excluding carboxylic acids is 1. The van der Waals surface area contributed by atoms with E-state index in [0.717, 1.165) is 37.9 Å². The quantitative estimate of drug-likeness (QED) is 0.821. The first-order valence-electron chi connectivity index (χ1n) is 7.71. The Labute approximate surface area is 111 Å². The van der Waals surface area contributed by atoms with Crippen LogP contribution in [0.5, 0.6) is 0 Å². The first kappa shape index (κ1) is 13.7. The maximum Gasteiger partial charge on any atom is 0.317 e. The van der Waals surface area contributed by atoms with Crippen molar-refractivity contribution in [1.29, 1.82) is 0 Å². The van der Waals surface area contributed by atoms with Crippen LogP contribution in [0.2, 0.25) is 0 Å². The average molecular weight is 252 g/mol. The summed E-state index contributed by atoms with van der Waals surface area (Å²) in [5.74, 6) is 2.34. The number of nitrogens with zero attached hydrogens (tertiary/aromatic N) is 1. The van der Waals surface area contributed by atoms with Gasteiger partial charge in [0.25, 0.3) is 0 Å². The van der Waals surface area contributed by atoms with Crippen molar-refractivity contribution in [3.63, 3.8) is 0 Å². The first-order chi connectivity index (χ1) is 8.69. The van der Waals surface area contributed by atoms with E-state index < -0.39 is 0 Å². The fraction of sp³-hybridized carbons (Fsp3) is 0.933. The van der Waals surface area contributed by atoms with Gasteiger partial charge in [-0.2, -0.15) is 0 Å². The smallest absolute Gasteiger partial charge is 0.317 e. The van der Waals surface area contributed by atoms with Crippen molar-refractivity contribution in [2.45, 2.75) is 52.4 Å². The largest absolute Gasteiger partial charge is 0.338 e. The molecule has 2 amide bonds. The minimum absolute atomic E-state index is 0.164. The third kappa shape index (κ3) is 3.63. The number of nitrogens with one attached hydrogen (secondary N) is 1. The van der Waals surface area contributed by atoms with Crippen LogP contribution < -0.4 is 5.32 Å². The van der Waals surface area contributed by atoms with Crippen LogP contribution in [0.4, 0.5) is 4.79 Å². The van der Waals surface area contributed by atoms with Crippen molar-refractivity contribution in [1.82, 2.24) is 10.2 Å². The second kappa shape index (κ2) is 6.44. The lowest BCUT2D eigenvalue weighted by molar-refractivity contribution is 0.200. The van der Waals surface area contributed by atoms with E-state index in [1.807, 2.05) is 4.90 Å².